The molecule has 1 aliphatic heterocycles. The van der Waals surface area contributed by atoms with Crippen molar-refractivity contribution in [3.05, 3.63) is 65.5 Å². The summed E-state index contributed by atoms with van der Waals surface area (Å²) in [5, 5.41) is 2.57. The maximum Gasteiger partial charge on any atom is 0.251 e. The molecule has 1 aliphatic rings. The number of carbonyl (C=O) groups excluding carboxylic acids is 2. The lowest BCUT2D eigenvalue weighted by molar-refractivity contribution is -0.116. The highest BCUT2D eigenvalue weighted by Crippen LogP contribution is 2.25. The Morgan fingerprint density at radius 1 is 1.16 bits per heavy atom. The van der Waals surface area contributed by atoms with E-state index in [4.69, 9.17) is 0 Å². The van der Waals surface area contributed by atoms with Crippen LogP contribution in [0.15, 0.2) is 48.5 Å². The van der Waals surface area contributed by atoms with E-state index in [2.05, 4.69) is 5.32 Å². The number of carbonyl (C=O) groups is 2. The van der Waals surface area contributed by atoms with Gasteiger partial charge in [0.15, 0.2) is 0 Å². The first-order valence-electron chi connectivity index (χ1n) is 7.56. The second kappa shape index (κ2) is 6.64. The first-order valence-corrected chi connectivity index (χ1v) is 9.17. The molecule has 0 aliphatic carbocycles. The lowest BCUT2D eigenvalue weighted by atomic mass is 10.1. The van der Waals surface area contributed by atoms with Crippen LogP contribution in [0.3, 0.4) is 0 Å². The summed E-state index contributed by atoms with van der Waals surface area (Å²) in [7, 11) is -3.69. The second-order valence-corrected chi connectivity index (χ2v) is 7.49. The van der Waals surface area contributed by atoms with Gasteiger partial charge >= 0.3 is 0 Å². The van der Waals surface area contributed by atoms with Crippen LogP contribution in [0.2, 0.25) is 0 Å². The molecule has 3 rings (SSSR count). The largest absolute Gasteiger partial charge is 0.348 e. The molecule has 0 aromatic heterocycles. The van der Waals surface area contributed by atoms with Gasteiger partial charge in [-0.1, -0.05) is 24.3 Å². The molecule has 1 heterocycles. The fourth-order valence-corrected chi connectivity index (χ4v) is 4.01. The summed E-state index contributed by atoms with van der Waals surface area (Å²) in [5.41, 5.74) is 0.647. The number of halogens is 1. The molecule has 0 atom stereocenters. The molecular weight excluding hydrogens is 347 g/mol. The van der Waals surface area contributed by atoms with E-state index in [0.29, 0.717) is 5.56 Å². The topological polar surface area (TPSA) is 83.6 Å². The lowest BCUT2D eigenvalue weighted by Gasteiger charge is -2.15. The van der Waals surface area contributed by atoms with E-state index in [1.807, 2.05) is 0 Å². The number of benzene rings is 2. The minimum atomic E-state index is -3.69. The Morgan fingerprint density at radius 2 is 1.92 bits per heavy atom. The van der Waals surface area contributed by atoms with Gasteiger partial charge in [0.2, 0.25) is 15.9 Å². The number of sulfonamides is 1. The summed E-state index contributed by atoms with van der Waals surface area (Å²) >= 11 is 0. The zero-order chi connectivity index (χ0) is 18.0. The molecule has 1 N–H and O–H groups in total. The van der Waals surface area contributed by atoms with Crippen molar-refractivity contribution in [1.29, 1.82) is 0 Å². The van der Waals surface area contributed by atoms with Gasteiger partial charge in [0.05, 0.1) is 11.4 Å². The van der Waals surface area contributed by atoms with Crippen molar-refractivity contribution in [3.8, 4) is 0 Å². The van der Waals surface area contributed by atoms with Crippen molar-refractivity contribution < 1.29 is 22.4 Å². The fourth-order valence-electron chi connectivity index (χ4n) is 2.56. The summed E-state index contributed by atoms with van der Waals surface area (Å²) < 4.78 is 38.2. The molecule has 2 aromatic rings. The fraction of sp³-hybridized carbons (Fsp3) is 0.176. The predicted octanol–water partition coefficient (Wildman–Crippen LogP) is 1.82. The Bertz CT molecular complexity index is 943. The SMILES string of the molecule is O=C(NCc1ccccc1F)c1cccc(N2C(=O)CCS2(=O)=O)c1. The summed E-state index contributed by atoms with van der Waals surface area (Å²) in [6.45, 7) is -0.00330. The molecule has 0 spiro atoms. The van der Waals surface area contributed by atoms with E-state index < -0.39 is 27.7 Å². The van der Waals surface area contributed by atoms with Gasteiger partial charge in [0.1, 0.15) is 5.82 Å². The molecule has 0 radical (unpaired) electrons. The molecule has 0 unspecified atom stereocenters. The highest BCUT2D eigenvalue weighted by atomic mass is 32.2. The van der Waals surface area contributed by atoms with E-state index >= 15 is 0 Å². The number of rotatable bonds is 4. The summed E-state index contributed by atoms with van der Waals surface area (Å²) in [6.07, 6.45) is -0.0773. The molecule has 2 aromatic carbocycles. The number of hydrogen-bond acceptors (Lipinski definition) is 4. The first-order chi connectivity index (χ1) is 11.9. The third kappa shape index (κ3) is 3.53. The van der Waals surface area contributed by atoms with Gasteiger partial charge in [-0.15, -0.1) is 0 Å². The third-order valence-electron chi connectivity index (χ3n) is 3.82. The molecular formula is C17H15FN2O4S. The van der Waals surface area contributed by atoms with Gasteiger partial charge in [-0.3, -0.25) is 9.59 Å². The molecule has 1 fully saturated rings. The standard InChI is InChI=1S/C17H15FN2O4S/c18-15-7-2-1-4-13(15)11-19-17(22)12-5-3-6-14(10-12)20-16(21)8-9-25(20,23)24/h1-7,10H,8-9,11H2,(H,19,22). The maximum absolute atomic E-state index is 13.6. The van der Waals surface area contributed by atoms with Crippen LogP contribution >= 0.6 is 0 Å². The lowest BCUT2D eigenvalue weighted by Crippen LogP contribution is -2.30. The molecule has 2 amide bonds. The number of hydrogen-bond donors (Lipinski definition) is 1. The molecule has 8 heteroatoms. The number of anilines is 1. The van der Waals surface area contributed by atoms with Gasteiger partial charge in [-0.2, -0.15) is 0 Å². The zero-order valence-corrected chi connectivity index (χ0v) is 13.9. The van der Waals surface area contributed by atoms with Crippen LogP contribution < -0.4 is 9.62 Å². The maximum atomic E-state index is 13.6. The smallest absolute Gasteiger partial charge is 0.251 e. The van der Waals surface area contributed by atoms with Crippen molar-refractivity contribution in [1.82, 2.24) is 5.32 Å². The Balaban J connectivity index is 1.78. The Labute approximate surface area is 144 Å². The Hall–Kier alpha value is -2.74. The van der Waals surface area contributed by atoms with E-state index in [1.54, 1.807) is 18.2 Å². The van der Waals surface area contributed by atoms with Crippen LogP contribution in [0.4, 0.5) is 10.1 Å². The van der Waals surface area contributed by atoms with Crippen molar-refractivity contribution in [2.75, 3.05) is 10.1 Å². The minimum absolute atomic E-state index is 0.00330. The van der Waals surface area contributed by atoms with Gasteiger partial charge in [-0.05, 0) is 24.3 Å². The minimum Gasteiger partial charge on any atom is -0.348 e. The van der Waals surface area contributed by atoms with Gasteiger partial charge in [-0.25, -0.2) is 17.1 Å². The molecule has 0 saturated carbocycles. The number of nitrogens with one attached hydrogen (secondary N) is 1. The Morgan fingerprint density at radius 3 is 2.60 bits per heavy atom. The van der Waals surface area contributed by atoms with Crippen LogP contribution in [0.5, 0.6) is 0 Å². The van der Waals surface area contributed by atoms with E-state index in [0.717, 1.165) is 4.31 Å². The first kappa shape index (κ1) is 17.1. The average molecular weight is 362 g/mol. The number of nitrogens with zero attached hydrogens (tertiary/aromatic N) is 1. The summed E-state index contributed by atoms with van der Waals surface area (Å²) in [4.78, 5) is 24.1. The quantitative estimate of drug-likeness (QED) is 0.899. The monoisotopic (exact) mass is 362 g/mol. The van der Waals surface area contributed by atoms with E-state index in [-0.39, 0.29) is 30.0 Å². The summed E-state index contributed by atoms with van der Waals surface area (Å²) in [6, 6.07) is 11.8. The molecule has 0 bridgehead atoms. The van der Waals surface area contributed by atoms with Crippen molar-refractivity contribution in [2.24, 2.45) is 0 Å². The van der Waals surface area contributed by atoms with Crippen molar-refractivity contribution in [2.45, 2.75) is 13.0 Å². The van der Waals surface area contributed by atoms with Crippen molar-refractivity contribution >= 4 is 27.5 Å². The third-order valence-corrected chi connectivity index (χ3v) is 5.51. The van der Waals surface area contributed by atoms with E-state index in [1.165, 1.54) is 30.3 Å². The number of amides is 2. The summed E-state index contributed by atoms with van der Waals surface area (Å²) in [5.74, 6) is -1.68. The van der Waals surface area contributed by atoms with Gasteiger partial charge in [0.25, 0.3) is 5.91 Å². The predicted molar refractivity (Wildman–Crippen MR) is 89.9 cm³/mol. The van der Waals surface area contributed by atoms with Crippen LogP contribution in [0.1, 0.15) is 22.3 Å². The normalized spacial score (nSPS) is 16.0. The van der Waals surface area contributed by atoms with Crippen LogP contribution in [-0.2, 0) is 21.4 Å². The molecule has 1 saturated heterocycles. The molecule has 6 nitrogen and oxygen atoms in total. The van der Waals surface area contributed by atoms with E-state index in [9.17, 15) is 22.4 Å². The Kier molecular flexibility index (Phi) is 4.54. The second-order valence-electron chi connectivity index (χ2n) is 5.55. The van der Waals surface area contributed by atoms with Gasteiger partial charge in [0, 0.05) is 24.1 Å². The zero-order valence-electron chi connectivity index (χ0n) is 13.1. The van der Waals surface area contributed by atoms with Crippen LogP contribution in [-0.4, -0.2) is 26.0 Å². The van der Waals surface area contributed by atoms with Gasteiger partial charge < -0.3 is 5.32 Å². The highest BCUT2D eigenvalue weighted by molar-refractivity contribution is 7.94. The van der Waals surface area contributed by atoms with Crippen LogP contribution in [0, 0.1) is 5.82 Å². The molecule has 25 heavy (non-hydrogen) atoms. The highest BCUT2D eigenvalue weighted by Gasteiger charge is 2.36. The van der Waals surface area contributed by atoms with Crippen molar-refractivity contribution in [3.63, 3.8) is 0 Å². The van der Waals surface area contributed by atoms with Crippen LogP contribution in [0.25, 0.3) is 0 Å². The molecule has 130 valence electrons. The average Bonchev–Trinajstić information content (AvgIpc) is 2.87.